The fourth-order valence-electron chi connectivity index (χ4n) is 1.25. The number of hydrogen-bond acceptors (Lipinski definition) is 8. The lowest BCUT2D eigenvalue weighted by Gasteiger charge is -2.16. The molecule has 0 atom stereocenters. The van der Waals surface area contributed by atoms with Crippen LogP contribution in [0.3, 0.4) is 0 Å². The van der Waals surface area contributed by atoms with Crippen LogP contribution in [-0.4, -0.2) is 30.0 Å². The van der Waals surface area contributed by atoms with Gasteiger partial charge in [-0.15, -0.1) is 9.98 Å². The second-order valence-corrected chi connectivity index (χ2v) is 3.04. The molecule has 1 aliphatic carbocycles. The lowest BCUT2D eigenvalue weighted by Crippen LogP contribution is -2.19. The molecule has 0 aromatic carbocycles. The fraction of sp³-hybridized carbons (Fsp3) is 0.0909. The lowest BCUT2D eigenvalue weighted by atomic mass is 10.0. The molecule has 19 heavy (non-hydrogen) atoms. The molecule has 0 saturated carbocycles. The maximum Gasteiger partial charge on any atom is 0.242 e. The van der Waals surface area contributed by atoms with Crippen LogP contribution in [-0.2, 0) is 19.2 Å². The molecule has 0 spiro atoms. The lowest BCUT2D eigenvalue weighted by molar-refractivity contribution is 0.545. The Labute approximate surface area is 106 Å². The Morgan fingerprint density at radius 2 is 1.32 bits per heavy atom. The molecule has 0 saturated heterocycles. The normalized spacial score (nSPS) is 19.3. The number of aliphatic imine (C=N–C) groups is 4. The Morgan fingerprint density at radius 3 is 1.68 bits per heavy atom. The van der Waals surface area contributed by atoms with Crippen LogP contribution < -0.4 is 0 Å². The van der Waals surface area contributed by atoms with Crippen LogP contribution in [0.1, 0.15) is 0 Å². The van der Waals surface area contributed by atoms with Gasteiger partial charge in [-0.3, -0.25) is 0 Å². The highest BCUT2D eigenvalue weighted by atomic mass is 16.1. The van der Waals surface area contributed by atoms with Gasteiger partial charge in [-0.05, 0) is 12.2 Å². The summed E-state index contributed by atoms with van der Waals surface area (Å²) >= 11 is 0. The van der Waals surface area contributed by atoms with Gasteiger partial charge in [0.15, 0.2) is 5.82 Å². The summed E-state index contributed by atoms with van der Waals surface area (Å²) in [6.45, 7) is 0. The molecule has 0 aromatic rings. The number of hydrogen-bond donors (Lipinski definition) is 0. The van der Waals surface area contributed by atoms with Gasteiger partial charge in [-0.25, -0.2) is 19.2 Å². The largest absolute Gasteiger partial charge is 0.242 e. The summed E-state index contributed by atoms with van der Waals surface area (Å²) in [7, 11) is 0. The van der Waals surface area contributed by atoms with Crippen molar-refractivity contribution in [3.8, 4) is 0 Å². The van der Waals surface area contributed by atoms with E-state index in [-0.39, 0.29) is 11.4 Å². The maximum atomic E-state index is 10.3. The quantitative estimate of drug-likeness (QED) is 0.533. The van der Waals surface area contributed by atoms with Gasteiger partial charge >= 0.3 is 0 Å². The van der Waals surface area contributed by atoms with E-state index in [1.807, 2.05) is 0 Å². The SMILES string of the molecule is O=C=NC(N=C=O)=C1C=CC(N=C=O)(N=C=O)C=C1. The first-order valence-electron chi connectivity index (χ1n) is 4.68. The number of isocyanates is 4. The van der Waals surface area contributed by atoms with Gasteiger partial charge in [0.05, 0.1) is 0 Å². The van der Waals surface area contributed by atoms with Gasteiger partial charge in [-0.1, -0.05) is 12.2 Å². The van der Waals surface area contributed by atoms with E-state index in [1.54, 1.807) is 0 Å². The van der Waals surface area contributed by atoms with Crippen LogP contribution in [0.15, 0.2) is 55.7 Å². The van der Waals surface area contributed by atoms with Crippen molar-refractivity contribution in [3.05, 3.63) is 35.7 Å². The molecule has 8 heteroatoms. The fourth-order valence-corrected chi connectivity index (χ4v) is 1.25. The zero-order chi connectivity index (χ0) is 14.1. The van der Waals surface area contributed by atoms with Crippen molar-refractivity contribution < 1.29 is 19.2 Å². The second kappa shape index (κ2) is 6.47. The molecule has 0 radical (unpaired) electrons. The molecule has 92 valence electrons. The summed E-state index contributed by atoms with van der Waals surface area (Å²) in [5, 5.41) is 0. The van der Waals surface area contributed by atoms with Crippen molar-refractivity contribution in [1.82, 2.24) is 0 Å². The molecule has 1 rings (SSSR count). The highest BCUT2D eigenvalue weighted by Gasteiger charge is 2.25. The third kappa shape index (κ3) is 3.35. The highest BCUT2D eigenvalue weighted by Crippen LogP contribution is 2.25. The smallest absolute Gasteiger partial charge is 0.211 e. The van der Waals surface area contributed by atoms with Gasteiger partial charge in [0.25, 0.3) is 0 Å². The van der Waals surface area contributed by atoms with E-state index in [2.05, 4.69) is 20.0 Å². The molecule has 0 amide bonds. The molecule has 8 nitrogen and oxygen atoms in total. The van der Waals surface area contributed by atoms with Gasteiger partial charge in [-0.2, -0.15) is 9.98 Å². The number of nitrogens with zero attached hydrogens (tertiary/aromatic N) is 4. The minimum atomic E-state index is -1.53. The van der Waals surface area contributed by atoms with E-state index >= 15 is 0 Å². The van der Waals surface area contributed by atoms with E-state index in [0.29, 0.717) is 0 Å². The van der Waals surface area contributed by atoms with Crippen molar-refractivity contribution in [2.45, 2.75) is 5.66 Å². The topological polar surface area (TPSA) is 118 Å². The van der Waals surface area contributed by atoms with Crippen molar-refractivity contribution in [2.24, 2.45) is 20.0 Å². The van der Waals surface area contributed by atoms with E-state index in [4.69, 9.17) is 0 Å². The molecule has 0 bridgehead atoms. The third-order valence-electron chi connectivity index (χ3n) is 2.03. The standard InChI is InChI=1S/C11H4N4O4/c16-5-12-10(13-6-17)9-1-3-11(4-2-9,14-7-18)15-8-19/h1-4H. The van der Waals surface area contributed by atoms with Gasteiger partial charge in [0.2, 0.25) is 30.0 Å². The Kier molecular flexibility index (Phi) is 4.70. The van der Waals surface area contributed by atoms with Crippen molar-refractivity contribution in [1.29, 1.82) is 0 Å². The number of rotatable bonds is 4. The summed E-state index contributed by atoms with van der Waals surface area (Å²) in [5.41, 5.74) is -1.28. The van der Waals surface area contributed by atoms with Gasteiger partial charge in [0.1, 0.15) is 0 Å². The summed E-state index contributed by atoms with van der Waals surface area (Å²) < 4.78 is 0. The summed E-state index contributed by atoms with van der Waals surface area (Å²) in [5.74, 6) is -0.226. The molecular weight excluding hydrogens is 252 g/mol. The number of allylic oxidation sites excluding steroid dienone is 3. The molecule has 0 heterocycles. The summed E-state index contributed by atoms with van der Waals surface area (Å²) in [4.78, 5) is 54.0. The van der Waals surface area contributed by atoms with E-state index in [0.717, 1.165) is 0 Å². The Morgan fingerprint density at radius 1 is 0.842 bits per heavy atom. The van der Waals surface area contributed by atoms with Crippen LogP contribution in [0, 0.1) is 0 Å². The van der Waals surface area contributed by atoms with Crippen LogP contribution in [0.25, 0.3) is 0 Å². The van der Waals surface area contributed by atoms with Crippen LogP contribution in [0.4, 0.5) is 0 Å². The monoisotopic (exact) mass is 256 g/mol. The predicted octanol–water partition coefficient (Wildman–Crippen LogP) is 0.364. The Balaban J connectivity index is 3.33. The first-order chi connectivity index (χ1) is 9.21. The molecule has 0 unspecified atom stereocenters. The van der Waals surface area contributed by atoms with E-state index < -0.39 is 5.66 Å². The average molecular weight is 256 g/mol. The minimum absolute atomic E-state index is 0.226. The van der Waals surface area contributed by atoms with Crippen LogP contribution in [0.2, 0.25) is 0 Å². The van der Waals surface area contributed by atoms with Crippen LogP contribution in [0.5, 0.6) is 0 Å². The molecule has 0 aromatic heterocycles. The molecular formula is C11H4N4O4. The van der Waals surface area contributed by atoms with Crippen LogP contribution >= 0.6 is 0 Å². The summed E-state index contributed by atoms with van der Waals surface area (Å²) in [6.07, 6.45) is 10.1. The highest BCUT2D eigenvalue weighted by molar-refractivity contribution is 5.52. The first kappa shape index (κ1) is 13.8. The maximum absolute atomic E-state index is 10.3. The zero-order valence-electron chi connectivity index (χ0n) is 9.23. The Hall–Kier alpha value is -3.26. The molecule has 0 aliphatic heterocycles. The second-order valence-electron chi connectivity index (χ2n) is 3.04. The van der Waals surface area contributed by atoms with Crippen molar-refractivity contribution in [2.75, 3.05) is 0 Å². The van der Waals surface area contributed by atoms with E-state index in [9.17, 15) is 19.2 Å². The molecule has 0 fully saturated rings. The average Bonchev–Trinajstić information content (AvgIpc) is 2.40. The Bertz CT molecular complexity index is 607. The molecule has 0 N–H and O–H groups in total. The first-order valence-corrected chi connectivity index (χ1v) is 4.68. The summed E-state index contributed by atoms with van der Waals surface area (Å²) in [6, 6.07) is 0. The van der Waals surface area contributed by atoms with Gasteiger partial charge < -0.3 is 0 Å². The minimum Gasteiger partial charge on any atom is -0.211 e. The predicted molar refractivity (Wildman–Crippen MR) is 60.5 cm³/mol. The number of carbonyl (C=O) groups excluding carboxylic acids is 4. The third-order valence-corrected chi connectivity index (χ3v) is 2.03. The van der Waals surface area contributed by atoms with E-state index in [1.165, 1.54) is 48.6 Å². The zero-order valence-corrected chi connectivity index (χ0v) is 9.23. The molecule has 1 aliphatic rings. The van der Waals surface area contributed by atoms with Crippen molar-refractivity contribution >= 4 is 24.3 Å². The van der Waals surface area contributed by atoms with Gasteiger partial charge in [0, 0.05) is 5.57 Å². The van der Waals surface area contributed by atoms with Crippen molar-refractivity contribution in [3.63, 3.8) is 0 Å².